The molecule has 0 bridgehead atoms. The first-order valence-electron chi connectivity index (χ1n) is 9.71. The standard InChI is InChI=1S/C21H24F3N5O3/c1-11(15-7-13(25)8-19(29-15)21(22,23)24)26-20-14-9-18(32-6-5-30-3)17(31-4)10-16(14)27-12(2)28-20/h7-11H,5-6H2,1-4H3,(H2,25,29)(H,26,27,28)/t11-/m1/s1. The highest BCUT2D eigenvalue weighted by Gasteiger charge is 2.33. The maximum Gasteiger partial charge on any atom is 0.433 e. The molecule has 0 aliphatic carbocycles. The van der Waals surface area contributed by atoms with Crippen LogP contribution in [0.5, 0.6) is 11.5 Å². The first kappa shape index (κ1) is 23.3. The van der Waals surface area contributed by atoms with Gasteiger partial charge in [0.25, 0.3) is 0 Å². The van der Waals surface area contributed by atoms with E-state index in [-0.39, 0.29) is 11.4 Å². The van der Waals surface area contributed by atoms with Crippen LogP contribution < -0.4 is 20.5 Å². The summed E-state index contributed by atoms with van der Waals surface area (Å²) in [6.45, 7) is 4.07. The Morgan fingerprint density at radius 3 is 2.44 bits per heavy atom. The van der Waals surface area contributed by atoms with Crippen molar-refractivity contribution < 1.29 is 27.4 Å². The number of aromatic nitrogens is 3. The molecule has 3 N–H and O–H groups in total. The lowest BCUT2D eigenvalue weighted by Crippen LogP contribution is -2.16. The topological polar surface area (TPSA) is 104 Å². The number of nitrogens with two attached hydrogens (primary N) is 1. The zero-order valence-corrected chi connectivity index (χ0v) is 18.1. The van der Waals surface area contributed by atoms with Gasteiger partial charge in [0.15, 0.2) is 11.5 Å². The Balaban J connectivity index is 2.01. The van der Waals surface area contributed by atoms with Crippen molar-refractivity contribution in [2.45, 2.75) is 26.1 Å². The average molecular weight is 451 g/mol. The van der Waals surface area contributed by atoms with Gasteiger partial charge in [0.2, 0.25) is 0 Å². The summed E-state index contributed by atoms with van der Waals surface area (Å²) in [6.07, 6.45) is -4.60. The molecular weight excluding hydrogens is 427 g/mol. The largest absolute Gasteiger partial charge is 0.493 e. The van der Waals surface area contributed by atoms with E-state index in [1.807, 2.05) is 0 Å². The molecule has 2 heterocycles. The zero-order valence-electron chi connectivity index (χ0n) is 18.1. The number of pyridine rings is 1. The molecule has 0 aliphatic rings. The summed E-state index contributed by atoms with van der Waals surface area (Å²) in [5.41, 5.74) is 5.31. The first-order chi connectivity index (χ1) is 15.1. The molecule has 0 aliphatic heterocycles. The van der Waals surface area contributed by atoms with E-state index in [2.05, 4.69) is 20.3 Å². The highest BCUT2D eigenvalue weighted by molar-refractivity contribution is 5.92. The van der Waals surface area contributed by atoms with Gasteiger partial charge in [-0.05, 0) is 32.0 Å². The van der Waals surface area contributed by atoms with Crippen molar-refractivity contribution in [3.63, 3.8) is 0 Å². The van der Waals surface area contributed by atoms with Crippen LogP contribution in [0.2, 0.25) is 0 Å². The van der Waals surface area contributed by atoms with Crippen LogP contribution >= 0.6 is 0 Å². The van der Waals surface area contributed by atoms with Crippen LogP contribution in [0.4, 0.5) is 24.7 Å². The van der Waals surface area contributed by atoms with Crippen molar-refractivity contribution in [3.8, 4) is 11.5 Å². The Morgan fingerprint density at radius 1 is 1.03 bits per heavy atom. The van der Waals surface area contributed by atoms with Crippen LogP contribution in [0.25, 0.3) is 10.9 Å². The smallest absolute Gasteiger partial charge is 0.433 e. The summed E-state index contributed by atoms with van der Waals surface area (Å²) in [6, 6.07) is 4.99. The lowest BCUT2D eigenvalue weighted by molar-refractivity contribution is -0.141. The number of alkyl halides is 3. The highest BCUT2D eigenvalue weighted by atomic mass is 19.4. The molecule has 0 spiro atoms. The van der Waals surface area contributed by atoms with Crippen LogP contribution in [0.1, 0.15) is 30.2 Å². The number of fused-ring (bicyclic) bond motifs is 1. The molecule has 32 heavy (non-hydrogen) atoms. The lowest BCUT2D eigenvalue weighted by atomic mass is 10.1. The molecule has 0 amide bonds. The summed E-state index contributed by atoms with van der Waals surface area (Å²) in [4.78, 5) is 12.6. The molecule has 0 unspecified atom stereocenters. The number of nitrogens with one attached hydrogen (secondary N) is 1. The maximum atomic E-state index is 13.1. The average Bonchev–Trinajstić information content (AvgIpc) is 2.72. The third-order valence-corrected chi connectivity index (χ3v) is 4.59. The molecule has 8 nitrogen and oxygen atoms in total. The minimum Gasteiger partial charge on any atom is -0.493 e. The minimum absolute atomic E-state index is 0.0294. The monoisotopic (exact) mass is 451 g/mol. The van der Waals surface area contributed by atoms with Crippen LogP contribution in [0.15, 0.2) is 24.3 Å². The summed E-state index contributed by atoms with van der Waals surface area (Å²) >= 11 is 0. The minimum atomic E-state index is -4.60. The number of nitrogen functional groups attached to an aromatic ring is 1. The third kappa shape index (κ3) is 5.28. The molecule has 172 valence electrons. The Labute approximate surface area is 182 Å². The van der Waals surface area contributed by atoms with Gasteiger partial charge in [-0.3, -0.25) is 0 Å². The molecule has 11 heteroatoms. The van der Waals surface area contributed by atoms with Crippen molar-refractivity contribution >= 4 is 22.4 Å². The molecule has 3 rings (SSSR count). The highest BCUT2D eigenvalue weighted by Crippen LogP contribution is 2.36. The molecule has 1 atom stereocenters. The molecule has 0 radical (unpaired) electrons. The van der Waals surface area contributed by atoms with E-state index in [0.717, 1.165) is 6.07 Å². The normalized spacial score (nSPS) is 12.6. The summed E-state index contributed by atoms with van der Waals surface area (Å²) in [5, 5.41) is 3.73. The van der Waals surface area contributed by atoms with Crippen LogP contribution in [-0.4, -0.2) is 42.4 Å². The van der Waals surface area contributed by atoms with Gasteiger partial charge < -0.3 is 25.3 Å². The van der Waals surface area contributed by atoms with Crippen molar-refractivity contribution in [1.82, 2.24) is 15.0 Å². The second-order valence-electron chi connectivity index (χ2n) is 7.06. The van der Waals surface area contributed by atoms with E-state index in [1.165, 1.54) is 13.2 Å². The van der Waals surface area contributed by atoms with Crippen molar-refractivity contribution in [1.29, 1.82) is 0 Å². The number of ether oxygens (including phenoxy) is 3. The van der Waals surface area contributed by atoms with Crippen molar-refractivity contribution in [3.05, 3.63) is 41.5 Å². The second-order valence-corrected chi connectivity index (χ2v) is 7.06. The molecule has 2 aromatic heterocycles. The van der Waals surface area contributed by atoms with Gasteiger partial charge in [-0.15, -0.1) is 0 Å². The fraction of sp³-hybridized carbons (Fsp3) is 0.381. The van der Waals surface area contributed by atoms with Gasteiger partial charge in [0.05, 0.1) is 31.0 Å². The number of anilines is 2. The summed E-state index contributed by atoms with van der Waals surface area (Å²) < 4.78 is 55.6. The number of methoxy groups -OCH3 is 2. The van der Waals surface area contributed by atoms with Gasteiger partial charge >= 0.3 is 6.18 Å². The van der Waals surface area contributed by atoms with E-state index < -0.39 is 17.9 Å². The predicted octanol–water partition coefficient (Wildman–Crippen LogP) is 4.14. The quantitative estimate of drug-likeness (QED) is 0.493. The van der Waals surface area contributed by atoms with E-state index in [9.17, 15) is 13.2 Å². The Kier molecular flexibility index (Phi) is 6.87. The maximum absolute atomic E-state index is 13.1. The second kappa shape index (κ2) is 9.43. The van der Waals surface area contributed by atoms with Gasteiger partial charge in [-0.2, -0.15) is 13.2 Å². The van der Waals surface area contributed by atoms with Gasteiger partial charge in [0.1, 0.15) is 23.9 Å². The number of rotatable bonds is 8. The number of hydrogen-bond acceptors (Lipinski definition) is 8. The molecule has 3 aromatic rings. The Bertz CT molecular complexity index is 1110. The van der Waals surface area contributed by atoms with E-state index in [0.29, 0.717) is 47.3 Å². The lowest BCUT2D eigenvalue weighted by Gasteiger charge is -2.19. The fourth-order valence-electron chi connectivity index (χ4n) is 3.09. The Hall–Kier alpha value is -3.34. The Morgan fingerprint density at radius 2 is 1.78 bits per heavy atom. The SMILES string of the molecule is COCCOc1cc2c(N[C@H](C)c3cc(N)cc(C(F)(F)F)n3)nc(C)nc2cc1OC. The summed E-state index contributed by atoms with van der Waals surface area (Å²) in [5.74, 6) is 1.83. The molecular formula is C21H24F3N5O3. The first-order valence-corrected chi connectivity index (χ1v) is 9.71. The number of hydrogen-bond donors (Lipinski definition) is 2. The molecule has 0 saturated heterocycles. The van der Waals surface area contributed by atoms with Gasteiger partial charge in [-0.1, -0.05) is 0 Å². The number of halogens is 3. The molecule has 0 saturated carbocycles. The van der Waals surface area contributed by atoms with E-state index in [1.54, 1.807) is 33.1 Å². The zero-order chi connectivity index (χ0) is 23.5. The van der Waals surface area contributed by atoms with Crippen LogP contribution in [0.3, 0.4) is 0 Å². The number of aryl methyl sites for hydroxylation is 1. The van der Waals surface area contributed by atoms with E-state index >= 15 is 0 Å². The van der Waals surface area contributed by atoms with Crippen molar-refractivity contribution in [2.75, 3.05) is 38.5 Å². The molecule has 0 fully saturated rings. The van der Waals surface area contributed by atoms with Gasteiger partial charge in [0, 0.05) is 24.2 Å². The van der Waals surface area contributed by atoms with Crippen molar-refractivity contribution in [2.24, 2.45) is 0 Å². The predicted molar refractivity (Wildman–Crippen MR) is 114 cm³/mol. The fourth-order valence-corrected chi connectivity index (χ4v) is 3.09. The molecule has 1 aromatic carbocycles. The third-order valence-electron chi connectivity index (χ3n) is 4.59. The van der Waals surface area contributed by atoms with E-state index in [4.69, 9.17) is 19.9 Å². The number of benzene rings is 1. The van der Waals surface area contributed by atoms with Crippen LogP contribution in [0, 0.1) is 6.92 Å². The summed E-state index contributed by atoms with van der Waals surface area (Å²) in [7, 11) is 3.08. The number of nitrogens with zero attached hydrogens (tertiary/aromatic N) is 3. The van der Waals surface area contributed by atoms with Crippen LogP contribution in [-0.2, 0) is 10.9 Å². The van der Waals surface area contributed by atoms with Gasteiger partial charge in [-0.25, -0.2) is 15.0 Å².